The van der Waals surface area contributed by atoms with Gasteiger partial charge in [0, 0.05) is 6.61 Å². The fourth-order valence-corrected chi connectivity index (χ4v) is 2.78. The van der Waals surface area contributed by atoms with Crippen molar-refractivity contribution >= 4 is 23.2 Å². The molecule has 0 aliphatic carbocycles. The molecule has 1 aromatic carbocycles. The van der Waals surface area contributed by atoms with E-state index in [0.717, 1.165) is 31.4 Å². The average Bonchev–Trinajstić information content (AvgIpc) is 2.89. The average molecular weight is 289 g/mol. The number of methoxy groups -OCH3 is 1. The second-order valence-corrected chi connectivity index (χ2v) is 5.51. The lowest BCUT2D eigenvalue weighted by atomic mass is 10.0. The van der Waals surface area contributed by atoms with Gasteiger partial charge in [-0.05, 0) is 43.4 Å². The predicted molar refractivity (Wildman–Crippen MR) is 74.8 cm³/mol. The van der Waals surface area contributed by atoms with Gasteiger partial charge in [-0.3, -0.25) is 0 Å². The minimum absolute atomic E-state index is 0.0161. The summed E-state index contributed by atoms with van der Waals surface area (Å²) < 4.78 is 10.7. The minimum atomic E-state index is -0.0161. The summed E-state index contributed by atoms with van der Waals surface area (Å²) in [6.45, 7) is 0.895. The van der Waals surface area contributed by atoms with Gasteiger partial charge < -0.3 is 9.47 Å². The number of ether oxygens (including phenoxy) is 2. The molecule has 0 spiro atoms. The third-order valence-electron chi connectivity index (χ3n) is 3.30. The Labute approximate surface area is 118 Å². The molecular formula is C14H18Cl2O2. The molecule has 100 valence electrons. The highest BCUT2D eigenvalue weighted by Crippen LogP contribution is 2.33. The Bertz CT molecular complexity index is 389. The number of benzene rings is 1. The number of alkyl halides is 1. The summed E-state index contributed by atoms with van der Waals surface area (Å²) in [7, 11) is 1.61. The van der Waals surface area contributed by atoms with E-state index < -0.39 is 0 Å². The maximum absolute atomic E-state index is 6.40. The fraction of sp³-hybridized carbons (Fsp3) is 0.571. The second kappa shape index (κ2) is 6.65. The van der Waals surface area contributed by atoms with Crippen molar-refractivity contribution in [2.24, 2.45) is 0 Å². The van der Waals surface area contributed by atoms with Crippen molar-refractivity contribution in [3.63, 3.8) is 0 Å². The maximum Gasteiger partial charge on any atom is 0.137 e. The van der Waals surface area contributed by atoms with E-state index in [2.05, 4.69) is 0 Å². The van der Waals surface area contributed by atoms with E-state index in [1.807, 2.05) is 18.2 Å². The number of rotatable bonds is 5. The van der Waals surface area contributed by atoms with Gasteiger partial charge in [0.05, 0.1) is 23.6 Å². The summed E-state index contributed by atoms with van der Waals surface area (Å²) in [6, 6.07) is 5.71. The van der Waals surface area contributed by atoms with Crippen molar-refractivity contribution in [1.29, 1.82) is 0 Å². The molecule has 1 heterocycles. The number of halogens is 2. The van der Waals surface area contributed by atoms with Crippen LogP contribution in [0.4, 0.5) is 0 Å². The van der Waals surface area contributed by atoms with Gasteiger partial charge in [-0.15, -0.1) is 11.6 Å². The summed E-state index contributed by atoms with van der Waals surface area (Å²) >= 11 is 12.5. The van der Waals surface area contributed by atoms with E-state index in [1.54, 1.807) is 7.11 Å². The van der Waals surface area contributed by atoms with Crippen LogP contribution in [0.1, 0.15) is 36.6 Å². The fourth-order valence-electron chi connectivity index (χ4n) is 2.25. The Morgan fingerprint density at radius 1 is 1.50 bits per heavy atom. The number of hydrogen-bond donors (Lipinski definition) is 0. The minimum Gasteiger partial charge on any atom is -0.495 e. The lowest BCUT2D eigenvalue weighted by Gasteiger charge is -2.14. The van der Waals surface area contributed by atoms with Crippen molar-refractivity contribution in [3.8, 4) is 5.75 Å². The third-order valence-corrected chi connectivity index (χ3v) is 4.07. The van der Waals surface area contributed by atoms with Crippen molar-refractivity contribution < 1.29 is 9.47 Å². The van der Waals surface area contributed by atoms with E-state index in [0.29, 0.717) is 16.9 Å². The lowest BCUT2D eigenvalue weighted by molar-refractivity contribution is 0.102. The molecule has 2 nitrogen and oxygen atoms in total. The first-order valence-electron chi connectivity index (χ1n) is 6.30. The molecule has 1 saturated heterocycles. The quantitative estimate of drug-likeness (QED) is 0.738. The van der Waals surface area contributed by atoms with Gasteiger partial charge in [-0.1, -0.05) is 17.7 Å². The van der Waals surface area contributed by atoms with Crippen LogP contribution in [0.5, 0.6) is 5.75 Å². The van der Waals surface area contributed by atoms with Crippen molar-refractivity contribution in [3.05, 3.63) is 28.8 Å². The van der Waals surface area contributed by atoms with Crippen LogP contribution in [0.3, 0.4) is 0 Å². The van der Waals surface area contributed by atoms with Crippen LogP contribution in [0.2, 0.25) is 5.02 Å². The topological polar surface area (TPSA) is 18.5 Å². The first-order valence-corrected chi connectivity index (χ1v) is 7.11. The molecular weight excluding hydrogens is 271 g/mol. The van der Waals surface area contributed by atoms with Gasteiger partial charge in [0.25, 0.3) is 0 Å². The Morgan fingerprint density at radius 3 is 2.94 bits per heavy atom. The Kier molecular flexibility index (Phi) is 5.16. The highest BCUT2D eigenvalue weighted by Gasteiger charge is 2.18. The maximum atomic E-state index is 6.40. The Balaban J connectivity index is 1.91. The van der Waals surface area contributed by atoms with Gasteiger partial charge in [0.2, 0.25) is 0 Å². The summed E-state index contributed by atoms with van der Waals surface area (Å²) in [5, 5.41) is 0.593. The molecule has 1 aliphatic heterocycles. The van der Waals surface area contributed by atoms with Crippen molar-refractivity contribution in [2.45, 2.75) is 37.2 Å². The highest BCUT2D eigenvalue weighted by atomic mass is 35.5. The van der Waals surface area contributed by atoms with E-state index in [1.165, 1.54) is 6.42 Å². The van der Waals surface area contributed by atoms with Gasteiger partial charge in [-0.25, -0.2) is 0 Å². The van der Waals surface area contributed by atoms with Gasteiger partial charge in [-0.2, -0.15) is 0 Å². The molecule has 0 amide bonds. The first kappa shape index (κ1) is 14.0. The van der Waals surface area contributed by atoms with Crippen LogP contribution in [0.15, 0.2) is 18.2 Å². The molecule has 2 atom stereocenters. The zero-order chi connectivity index (χ0) is 13.0. The van der Waals surface area contributed by atoms with Crippen molar-refractivity contribution in [2.75, 3.05) is 13.7 Å². The van der Waals surface area contributed by atoms with Gasteiger partial charge in [0.1, 0.15) is 5.75 Å². The van der Waals surface area contributed by atoms with Crippen LogP contribution in [-0.4, -0.2) is 19.8 Å². The summed E-state index contributed by atoms with van der Waals surface area (Å²) in [6.07, 6.45) is 4.64. The molecule has 0 aromatic heterocycles. The molecule has 18 heavy (non-hydrogen) atoms. The van der Waals surface area contributed by atoms with Crippen LogP contribution in [-0.2, 0) is 4.74 Å². The SMILES string of the molecule is COc1ccc(C(Cl)CCC2CCCO2)cc1Cl. The van der Waals surface area contributed by atoms with Crippen LogP contribution < -0.4 is 4.74 Å². The molecule has 1 fully saturated rings. The lowest BCUT2D eigenvalue weighted by Crippen LogP contribution is -2.06. The zero-order valence-electron chi connectivity index (χ0n) is 10.5. The Morgan fingerprint density at radius 2 is 2.33 bits per heavy atom. The molecule has 0 N–H and O–H groups in total. The summed E-state index contributed by atoms with van der Waals surface area (Å²) in [5.41, 5.74) is 1.04. The third kappa shape index (κ3) is 3.53. The highest BCUT2D eigenvalue weighted by molar-refractivity contribution is 6.32. The van der Waals surface area contributed by atoms with Crippen LogP contribution >= 0.6 is 23.2 Å². The Hall–Kier alpha value is -0.440. The standard InChI is InChI=1S/C14H18Cl2O2/c1-17-14-7-4-10(9-13(14)16)12(15)6-5-11-3-2-8-18-11/h4,7,9,11-12H,2-3,5-6,8H2,1H3. The second-order valence-electron chi connectivity index (χ2n) is 4.57. The van der Waals surface area contributed by atoms with Crippen molar-refractivity contribution in [1.82, 2.24) is 0 Å². The molecule has 0 bridgehead atoms. The van der Waals surface area contributed by atoms with Crippen LogP contribution in [0, 0.1) is 0 Å². The summed E-state index contributed by atoms with van der Waals surface area (Å²) in [5.74, 6) is 0.684. The molecule has 0 radical (unpaired) electrons. The first-order chi connectivity index (χ1) is 8.70. The van der Waals surface area contributed by atoms with E-state index in [4.69, 9.17) is 32.7 Å². The van der Waals surface area contributed by atoms with Gasteiger partial charge in [0.15, 0.2) is 0 Å². The molecule has 0 saturated carbocycles. The number of hydrogen-bond acceptors (Lipinski definition) is 2. The van der Waals surface area contributed by atoms with E-state index >= 15 is 0 Å². The molecule has 2 unspecified atom stereocenters. The summed E-state index contributed by atoms with van der Waals surface area (Å²) in [4.78, 5) is 0. The van der Waals surface area contributed by atoms with E-state index in [-0.39, 0.29) is 5.38 Å². The smallest absolute Gasteiger partial charge is 0.137 e. The predicted octanol–water partition coefficient (Wildman–Crippen LogP) is 4.59. The molecule has 1 aromatic rings. The van der Waals surface area contributed by atoms with Gasteiger partial charge >= 0.3 is 0 Å². The van der Waals surface area contributed by atoms with E-state index in [9.17, 15) is 0 Å². The molecule has 2 rings (SSSR count). The zero-order valence-corrected chi connectivity index (χ0v) is 12.0. The van der Waals surface area contributed by atoms with Crippen LogP contribution in [0.25, 0.3) is 0 Å². The molecule has 4 heteroatoms. The largest absolute Gasteiger partial charge is 0.495 e. The normalized spacial score (nSPS) is 20.9. The molecule has 1 aliphatic rings. The monoisotopic (exact) mass is 288 g/mol.